The van der Waals surface area contributed by atoms with Crippen LogP contribution in [0.4, 0.5) is 0 Å². The van der Waals surface area contributed by atoms with Crippen molar-refractivity contribution >= 4 is 0 Å². The van der Waals surface area contributed by atoms with Crippen molar-refractivity contribution in [3.63, 3.8) is 0 Å². The van der Waals surface area contributed by atoms with E-state index in [-0.39, 0.29) is 0 Å². The zero-order valence-electron chi connectivity index (χ0n) is 11.5. The van der Waals surface area contributed by atoms with Gasteiger partial charge >= 0.3 is 0 Å². The lowest BCUT2D eigenvalue weighted by Gasteiger charge is -2.15. The van der Waals surface area contributed by atoms with Gasteiger partial charge in [0.15, 0.2) is 0 Å². The summed E-state index contributed by atoms with van der Waals surface area (Å²) in [6.07, 6.45) is 2.07. The maximum Gasteiger partial charge on any atom is 0.119 e. The third-order valence-electron chi connectivity index (χ3n) is 3.24. The molecular weight excluding hydrogens is 242 g/mol. The molecule has 1 saturated heterocycles. The van der Waals surface area contributed by atoms with E-state index < -0.39 is 6.10 Å². The lowest BCUT2D eigenvalue weighted by molar-refractivity contribution is 0.0881. The van der Waals surface area contributed by atoms with Crippen LogP contribution in [0.15, 0.2) is 24.3 Å². The molecule has 1 aromatic carbocycles. The number of benzene rings is 1. The van der Waals surface area contributed by atoms with Gasteiger partial charge in [-0.05, 0) is 31.9 Å². The quantitative estimate of drug-likeness (QED) is 0.784. The Bertz CT molecular complexity index is 360. The number of aliphatic hydroxyl groups is 1. The van der Waals surface area contributed by atoms with Crippen molar-refractivity contribution in [3.8, 4) is 5.75 Å². The number of aryl methyl sites for hydroxylation is 1. The van der Waals surface area contributed by atoms with E-state index >= 15 is 0 Å². The molecule has 1 aliphatic rings. The zero-order chi connectivity index (χ0) is 13.5. The van der Waals surface area contributed by atoms with Crippen LogP contribution in [0.1, 0.15) is 18.4 Å². The van der Waals surface area contributed by atoms with Gasteiger partial charge in [0.25, 0.3) is 0 Å². The second kappa shape index (κ2) is 7.48. The summed E-state index contributed by atoms with van der Waals surface area (Å²) >= 11 is 0. The number of ether oxygens (including phenoxy) is 2. The Balaban J connectivity index is 1.58. The second-order valence-corrected chi connectivity index (χ2v) is 5.07. The minimum absolute atomic E-state index is 0.307. The van der Waals surface area contributed by atoms with Crippen molar-refractivity contribution in [2.45, 2.75) is 32.0 Å². The minimum Gasteiger partial charge on any atom is -0.491 e. The molecule has 0 aromatic heterocycles. The summed E-state index contributed by atoms with van der Waals surface area (Å²) in [5, 5.41) is 13.0. The number of aliphatic hydroxyl groups excluding tert-OH is 1. The van der Waals surface area contributed by atoms with Gasteiger partial charge in [0.05, 0.1) is 6.10 Å². The van der Waals surface area contributed by atoms with Crippen LogP contribution in [-0.2, 0) is 4.74 Å². The SMILES string of the molecule is Cc1ccc(OCC(O)CNCC2CCCO2)cc1. The third kappa shape index (κ3) is 5.19. The Kier molecular flexibility index (Phi) is 5.63. The van der Waals surface area contributed by atoms with Gasteiger partial charge in [0.1, 0.15) is 18.5 Å². The highest BCUT2D eigenvalue weighted by atomic mass is 16.5. The highest BCUT2D eigenvalue weighted by Crippen LogP contribution is 2.12. The molecule has 2 rings (SSSR count). The van der Waals surface area contributed by atoms with Crippen LogP contribution in [0, 0.1) is 6.92 Å². The van der Waals surface area contributed by atoms with Gasteiger partial charge in [0, 0.05) is 19.7 Å². The Hall–Kier alpha value is -1.10. The van der Waals surface area contributed by atoms with E-state index in [1.807, 2.05) is 31.2 Å². The first kappa shape index (κ1) is 14.3. The Morgan fingerprint density at radius 2 is 2.21 bits per heavy atom. The molecule has 4 heteroatoms. The average Bonchev–Trinajstić information content (AvgIpc) is 2.91. The lowest BCUT2D eigenvalue weighted by Crippen LogP contribution is -2.35. The maximum absolute atomic E-state index is 9.81. The van der Waals surface area contributed by atoms with Gasteiger partial charge in [0.2, 0.25) is 0 Å². The fourth-order valence-corrected chi connectivity index (χ4v) is 2.10. The largest absolute Gasteiger partial charge is 0.491 e. The minimum atomic E-state index is -0.497. The molecular formula is C15H23NO3. The van der Waals surface area contributed by atoms with Gasteiger partial charge in [-0.25, -0.2) is 0 Å². The van der Waals surface area contributed by atoms with Crippen LogP contribution < -0.4 is 10.1 Å². The molecule has 0 bridgehead atoms. The highest BCUT2D eigenvalue weighted by molar-refractivity contribution is 5.26. The standard InChI is InChI=1S/C15H23NO3/c1-12-4-6-14(7-5-12)19-11-13(17)9-16-10-15-3-2-8-18-15/h4-7,13,15-17H,2-3,8-11H2,1H3. The first-order valence-electron chi connectivity index (χ1n) is 6.94. The highest BCUT2D eigenvalue weighted by Gasteiger charge is 2.15. The Labute approximate surface area is 114 Å². The average molecular weight is 265 g/mol. The summed E-state index contributed by atoms with van der Waals surface area (Å²) in [5.74, 6) is 0.795. The van der Waals surface area contributed by atoms with Crippen LogP contribution in [0.25, 0.3) is 0 Å². The summed E-state index contributed by atoms with van der Waals surface area (Å²) in [6.45, 7) is 4.55. The molecule has 0 aliphatic carbocycles. The third-order valence-corrected chi connectivity index (χ3v) is 3.24. The Morgan fingerprint density at radius 1 is 1.42 bits per heavy atom. The monoisotopic (exact) mass is 265 g/mol. The maximum atomic E-state index is 9.81. The molecule has 0 spiro atoms. The lowest BCUT2D eigenvalue weighted by atomic mass is 10.2. The van der Waals surface area contributed by atoms with E-state index in [0.717, 1.165) is 31.7 Å². The van der Waals surface area contributed by atoms with Crippen molar-refractivity contribution in [2.24, 2.45) is 0 Å². The second-order valence-electron chi connectivity index (χ2n) is 5.07. The molecule has 4 nitrogen and oxygen atoms in total. The van der Waals surface area contributed by atoms with Crippen molar-refractivity contribution in [2.75, 3.05) is 26.3 Å². The van der Waals surface area contributed by atoms with E-state index in [9.17, 15) is 5.11 Å². The normalized spacial score (nSPS) is 20.4. The first-order valence-corrected chi connectivity index (χ1v) is 6.94. The van der Waals surface area contributed by atoms with Gasteiger partial charge in [-0.2, -0.15) is 0 Å². The molecule has 0 radical (unpaired) electrons. The van der Waals surface area contributed by atoms with E-state index in [1.54, 1.807) is 0 Å². The molecule has 0 saturated carbocycles. The van der Waals surface area contributed by atoms with Crippen molar-refractivity contribution < 1.29 is 14.6 Å². The number of hydrogen-bond donors (Lipinski definition) is 2. The molecule has 19 heavy (non-hydrogen) atoms. The molecule has 2 N–H and O–H groups in total. The van der Waals surface area contributed by atoms with Gasteiger partial charge in [-0.1, -0.05) is 17.7 Å². The van der Waals surface area contributed by atoms with Crippen molar-refractivity contribution in [1.29, 1.82) is 0 Å². The van der Waals surface area contributed by atoms with Crippen LogP contribution in [0.3, 0.4) is 0 Å². The molecule has 1 heterocycles. The van der Waals surface area contributed by atoms with Crippen LogP contribution in [-0.4, -0.2) is 43.6 Å². The Morgan fingerprint density at radius 3 is 2.89 bits per heavy atom. The summed E-state index contributed by atoms with van der Waals surface area (Å²) in [5.41, 5.74) is 1.20. The number of rotatable bonds is 7. The number of nitrogens with one attached hydrogen (secondary N) is 1. The van der Waals surface area contributed by atoms with Gasteiger partial charge in [-0.3, -0.25) is 0 Å². The van der Waals surface area contributed by atoms with E-state index in [2.05, 4.69) is 5.32 Å². The van der Waals surface area contributed by atoms with Crippen LogP contribution in [0.5, 0.6) is 5.75 Å². The first-order chi connectivity index (χ1) is 9.24. The van der Waals surface area contributed by atoms with Gasteiger partial charge < -0.3 is 19.9 Å². The molecule has 2 unspecified atom stereocenters. The topological polar surface area (TPSA) is 50.7 Å². The van der Waals surface area contributed by atoms with E-state index in [0.29, 0.717) is 19.3 Å². The predicted octanol–water partition coefficient (Wildman–Crippen LogP) is 1.50. The summed E-state index contributed by atoms with van der Waals surface area (Å²) in [4.78, 5) is 0. The summed E-state index contributed by atoms with van der Waals surface area (Å²) < 4.78 is 11.0. The molecule has 0 amide bonds. The fourth-order valence-electron chi connectivity index (χ4n) is 2.10. The molecule has 1 fully saturated rings. The van der Waals surface area contributed by atoms with Crippen molar-refractivity contribution in [3.05, 3.63) is 29.8 Å². The molecule has 1 aliphatic heterocycles. The zero-order valence-corrected chi connectivity index (χ0v) is 11.5. The smallest absolute Gasteiger partial charge is 0.119 e. The van der Waals surface area contributed by atoms with Crippen LogP contribution in [0.2, 0.25) is 0 Å². The molecule has 2 atom stereocenters. The van der Waals surface area contributed by atoms with E-state index in [1.165, 1.54) is 5.56 Å². The van der Waals surface area contributed by atoms with E-state index in [4.69, 9.17) is 9.47 Å². The molecule has 106 valence electrons. The fraction of sp³-hybridized carbons (Fsp3) is 0.600. The van der Waals surface area contributed by atoms with Crippen molar-refractivity contribution in [1.82, 2.24) is 5.32 Å². The summed E-state index contributed by atoms with van der Waals surface area (Å²) in [6, 6.07) is 7.83. The van der Waals surface area contributed by atoms with Crippen LogP contribution >= 0.6 is 0 Å². The predicted molar refractivity (Wildman–Crippen MR) is 74.5 cm³/mol. The number of hydrogen-bond acceptors (Lipinski definition) is 4. The summed E-state index contributed by atoms with van der Waals surface area (Å²) in [7, 11) is 0. The molecule has 1 aromatic rings. The van der Waals surface area contributed by atoms with Gasteiger partial charge in [-0.15, -0.1) is 0 Å².